The van der Waals surface area contributed by atoms with Crippen molar-refractivity contribution >= 4 is 23.8 Å². The van der Waals surface area contributed by atoms with Gasteiger partial charge in [0.05, 0.1) is 4.92 Å². The Balaban J connectivity index is 0.000000500. The Hall–Kier alpha value is -1.62. The third-order valence-corrected chi connectivity index (χ3v) is 1.60. The Kier molecular flexibility index (Phi) is 5.24. The molecular weight excluding hydrogens is 210 g/mol. The highest BCUT2D eigenvalue weighted by Crippen LogP contribution is 2.24. The van der Waals surface area contributed by atoms with Crippen LogP contribution in [0.25, 0.3) is 0 Å². The molecule has 76 valence electrons. The van der Waals surface area contributed by atoms with Crippen LogP contribution in [0.15, 0.2) is 18.2 Å². The maximum Gasteiger partial charge on any atom is 0.290 e. The van der Waals surface area contributed by atoms with Crippen molar-refractivity contribution in [2.75, 3.05) is 0 Å². The summed E-state index contributed by atoms with van der Waals surface area (Å²) in [6.07, 6.45) is 0. The minimum absolute atomic E-state index is 0.0442. The highest BCUT2D eigenvalue weighted by Gasteiger charge is 2.09. The molecule has 0 unspecified atom stereocenters. The molecule has 0 spiro atoms. The zero-order valence-corrected chi connectivity index (χ0v) is 8.06. The van der Waals surface area contributed by atoms with Gasteiger partial charge >= 0.3 is 0 Å². The highest BCUT2D eigenvalue weighted by atomic mass is 35.5. The van der Waals surface area contributed by atoms with Crippen molar-refractivity contribution in [1.29, 1.82) is 0 Å². The molecule has 1 aromatic carbocycles. The van der Waals surface area contributed by atoms with E-state index in [-0.39, 0.29) is 17.2 Å². The standard InChI is InChI=1S/C7H6ClNO2.CH2O2/c1-5-2-3-7(9(10)11)6(8)4-5;2-1-3/h2-4H,1H3;1H,(H,2,3). The Morgan fingerprint density at radius 1 is 1.57 bits per heavy atom. The van der Waals surface area contributed by atoms with Gasteiger partial charge in [0.1, 0.15) is 5.02 Å². The summed E-state index contributed by atoms with van der Waals surface area (Å²) in [7, 11) is 0. The quantitative estimate of drug-likeness (QED) is 0.444. The fourth-order valence-corrected chi connectivity index (χ4v) is 1.06. The fourth-order valence-electron chi connectivity index (χ4n) is 0.760. The van der Waals surface area contributed by atoms with Crippen LogP contribution < -0.4 is 0 Å². The Bertz CT molecular complexity index is 340. The van der Waals surface area contributed by atoms with Crippen LogP contribution in [0.1, 0.15) is 5.56 Å². The first-order chi connectivity index (χ1) is 6.52. The van der Waals surface area contributed by atoms with Crippen LogP contribution in [-0.4, -0.2) is 16.5 Å². The average molecular weight is 218 g/mol. The number of benzene rings is 1. The summed E-state index contributed by atoms with van der Waals surface area (Å²) in [5, 5.41) is 17.3. The molecule has 0 saturated heterocycles. The number of carbonyl (C=O) groups is 1. The van der Waals surface area contributed by atoms with Crippen molar-refractivity contribution in [1.82, 2.24) is 0 Å². The molecule has 0 fully saturated rings. The summed E-state index contributed by atoms with van der Waals surface area (Å²) in [5.41, 5.74) is 0.873. The van der Waals surface area contributed by atoms with E-state index >= 15 is 0 Å². The third-order valence-electron chi connectivity index (χ3n) is 1.30. The van der Waals surface area contributed by atoms with Gasteiger partial charge in [0.2, 0.25) is 0 Å². The topological polar surface area (TPSA) is 80.4 Å². The van der Waals surface area contributed by atoms with E-state index in [0.29, 0.717) is 0 Å². The van der Waals surface area contributed by atoms with E-state index in [1.54, 1.807) is 12.1 Å². The monoisotopic (exact) mass is 217 g/mol. The molecule has 1 N–H and O–H groups in total. The number of aryl methyl sites for hydroxylation is 1. The second-order valence-electron chi connectivity index (χ2n) is 2.32. The molecular formula is C8H8ClNO4. The number of carboxylic acid groups (broad SMARTS) is 1. The van der Waals surface area contributed by atoms with Gasteiger partial charge in [0.15, 0.2) is 0 Å². The van der Waals surface area contributed by atoms with Crippen LogP contribution in [0.2, 0.25) is 5.02 Å². The fraction of sp³-hybridized carbons (Fsp3) is 0.125. The first-order valence-electron chi connectivity index (χ1n) is 3.51. The van der Waals surface area contributed by atoms with Gasteiger partial charge < -0.3 is 5.11 Å². The predicted molar refractivity (Wildman–Crippen MR) is 51.5 cm³/mol. The largest absolute Gasteiger partial charge is 0.483 e. The zero-order valence-electron chi connectivity index (χ0n) is 7.31. The highest BCUT2D eigenvalue weighted by molar-refractivity contribution is 6.32. The Morgan fingerprint density at radius 3 is 2.43 bits per heavy atom. The lowest BCUT2D eigenvalue weighted by molar-refractivity contribution is -0.384. The maximum absolute atomic E-state index is 10.3. The lowest BCUT2D eigenvalue weighted by Crippen LogP contribution is -1.88. The molecule has 0 radical (unpaired) electrons. The van der Waals surface area contributed by atoms with Gasteiger partial charge in [-0.1, -0.05) is 17.7 Å². The summed E-state index contributed by atoms with van der Waals surface area (Å²) in [4.78, 5) is 18.1. The van der Waals surface area contributed by atoms with E-state index in [9.17, 15) is 10.1 Å². The molecule has 0 heterocycles. The molecule has 0 aliphatic heterocycles. The molecule has 0 aliphatic rings. The maximum atomic E-state index is 10.3. The molecule has 0 aromatic heterocycles. The molecule has 0 bridgehead atoms. The van der Waals surface area contributed by atoms with Crippen LogP contribution in [0.4, 0.5) is 5.69 Å². The van der Waals surface area contributed by atoms with Crippen molar-refractivity contribution in [3.05, 3.63) is 38.9 Å². The normalized spacial score (nSPS) is 8.43. The average Bonchev–Trinajstić information content (AvgIpc) is 2.04. The van der Waals surface area contributed by atoms with Gasteiger partial charge in [-0.25, -0.2) is 0 Å². The molecule has 14 heavy (non-hydrogen) atoms. The lowest BCUT2D eigenvalue weighted by atomic mass is 10.2. The molecule has 1 aromatic rings. The van der Waals surface area contributed by atoms with Crippen molar-refractivity contribution in [3.8, 4) is 0 Å². The predicted octanol–water partition coefficient (Wildman–Crippen LogP) is 2.26. The van der Waals surface area contributed by atoms with Crippen molar-refractivity contribution in [3.63, 3.8) is 0 Å². The molecule has 0 aliphatic carbocycles. The zero-order chi connectivity index (χ0) is 11.1. The molecule has 6 heteroatoms. The summed E-state index contributed by atoms with van der Waals surface area (Å²) < 4.78 is 0. The molecule has 0 atom stereocenters. The van der Waals surface area contributed by atoms with Gasteiger partial charge in [-0.3, -0.25) is 14.9 Å². The van der Waals surface area contributed by atoms with Crippen LogP contribution in [-0.2, 0) is 4.79 Å². The van der Waals surface area contributed by atoms with Crippen molar-refractivity contribution < 1.29 is 14.8 Å². The first-order valence-corrected chi connectivity index (χ1v) is 3.89. The first kappa shape index (κ1) is 12.4. The Labute approximate surface area is 85.1 Å². The summed E-state index contributed by atoms with van der Waals surface area (Å²) in [6.45, 7) is 1.58. The number of rotatable bonds is 1. The Morgan fingerprint density at radius 2 is 2.07 bits per heavy atom. The van der Waals surface area contributed by atoms with E-state index in [2.05, 4.69) is 0 Å². The molecule has 5 nitrogen and oxygen atoms in total. The number of halogens is 1. The molecule has 1 rings (SSSR count). The van der Waals surface area contributed by atoms with Gasteiger partial charge in [0.25, 0.3) is 12.2 Å². The SMILES string of the molecule is Cc1ccc([N+](=O)[O-])c(Cl)c1.O=CO. The minimum Gasteiger partial charge on any atom is -0.483 e. The second-order valence-corrected chi connectivity index (χ2v) is 2.72. The van der Waals surface area contributed by atoms with E-state index in [4.69, 9.17) is 21.5 Å². The summed E-state index contributed by atoms with van der Waals surface area (Å²) >= 11 is 5.58. The number of hydrogen-bond donors (Lipinski definition) is 1. The number of nitro groups is 1. The van der Waals surface area contributed by atoms with Gasteiger partial charge in [0, 0.05) is 6.07 Å². The van der Waals surface area contributed by atoms with Gasteiger partial charge in [-0.05, 0) is 18.6 Å². The van der Waals surface area contributed by atoms with Crippen LogP contribution >= 0.6 is 11.6 Å². The second kappa shape index (κ2) is 5.93. The minimum atomic E-state index is -0.498. The van der Waals surface area contributed by atoms with Crippen molar-refractivity contribution in [2.24, 2.45) is 0 Å². The van der Waals surface area contributed by atoms with Gasteiger partial charge in [-0.15, -0.1) is 0 Å². The van der Waals surface area contributed by atoms with Crippen molar-refractivity contribution in [2.45, 2.75) is 6.92 Å². The molecule has 0 amide bonds. The number of nitro benzene ring substituents is 1. The molecule has 0 saturated carbocycles. The van der Waals surface area contributed by atoms with E-state index < -0.39 is 4.92 Å². The van der Waals surface area contributed by atoms with E-state index in [1.807, 2.05) is 6.92 Å². The van der Waals surface area contributed by atoms with Crippen LogP contribution in [0, 0.1) is 17.0 Å². The van der Waals surface area contributed by atoms with Crippen LogP contribution in [0.3, 0.4) is 0 Å². The lowest BCUT2D eigenvalue weighted by Gasteiger charge is -1.94. The third kappa shape index (κ3) is 3.86. The van der Waals surface area contributed by atoms with E-state index in [1.165, 1.54) is 6.07 Å². The van der Waals surface area contributed by atoms with Crippen LogP contribution in [0.5, 0.6) is 0 Å². The summed E-state index contributed by atoms with van der Waals surface area (Å²) in [6, 6.07) is 4.63. The smallest absolute Gasteiger partial charge is 0.290 e. The number of nitrogens with zero attached hydrogens (tertiary/aromatic N) is 1. The van der Waals surface area contributed by atoms with Gasteiger partial charge in [-0.2, -0.15) is 0 Å². The summed E-state index contributed by atoms with van der Waals surface area (Å²) in [5.74, 6) is 0. The van der Waals surface area contributed by atoms with E-state index in [0.717, 1.165) is 5.56 Å². The number of hydrogen-bond acceptors (Lipinski definition) is 3.